The summed E-state index contributed by atoms with van der Waals surface area (Å²) < 4.78 is 1.84. The van der Waals surface area contributed by atoms with Crippen molar-refractivity contribution in [3.05, 3.63) is 68.8 Å². The van der Waals surface area contributed by atoms with E-state index in [9.17, 15) is 4.79 Å². The topological polar surface area (TPSA) is 46.9 Å². The fraction of sp³-hybridized carbons (Fsp3) is 0.448. The van der Waals surface area contributed by atoms with E-state index < -0.39 is 0 Å². The molecule has 0 aliphatic heterocycles. The lowest BCUT2D eigenvalue weighted by molar-refractivity contribution is -0.103. The van der Waals surface area contributed by atoms with Crippen LogP contribution >= 0.6 is 23.2 Å². The average Bonchev–Trinajstić information content (AvgIpc) is 3.22. The number of rotatable bonds is 4. The Balaban J connectivity index is 1.37. The van der Waals surface area contributed by atoms with Crippen molar-refractivity contribution in [2.75, 3.05) is 6.54 Å². The first kappa shape index (κ1) is 23.1. The van der Waals surface area contributed by atoms with Crippen LogP contribution in [0.1, 0.15) is 60.3 Å². The number of nitrogens with zero attached hydrogens (tertiary/aromatic N) is 2. The molecule has 0 saturated heterocycles. The SMILES string of the molecule is Cc1ccc2c(c1)CCc1c(C(=O)NCC3CCC4CC3C4(C)C)nn(-c3ccc(Cl)cc3Cl)c1-2. The zero-order valence-electron chi connectivity index (χ0n) is 20.5. The molecule has 1 heterocycles. The van der Waals surface area contributed by atoms with Crippen LogP contribution in [-0.4, -0.2) is 22.2 Å². The van der Waals surface area contributed by atoms with Gasteiger partial charge in [-0.1, -0.05) is 60.8 Å². The number of nitrogens with one attached hydrogen (secondary N) is 1. The number of amides is 1. The Morgan fingerprint density at radius 1 is 1.14 bits per heavy atom. The van der Waals surface area contributed by atoms with Crippen LogP contribution in [0.5, 0.6) is 0 Å². The second-order valence-corrected chi connectivity index (χ2v) is 12.1. The second-order valence-electron chi connectivity index (χ2n) is 11.3. The summed E-state index contributed by atoms with van der Waals surface area (Å²) in [6.07, 6.45) is 5.46. The standard InChI is InChI=1S/C29H31Cl2N3O/c1-16-4-9-21-17(12-16)6-10-22-26(33-34(27(21)22)25-11-8-20(30)14-24(25)31)28(35)32-15-18-5-7-19-13-23(18)29(19,2)3/h4,8-9,11-12,14,18-19,23H,5-7,10,13,15H2,1-3H3,(H,32,35). The van der Waals surface area contributed by atoms with Gasteiger partial charge in [0, 0.05) is 22.7 Å². The maximum atomic E-state index is 13.5. The fourth-order valence-corrected chi connectivity index (χ4v) is 7.40. The molecule has 3 atom stereocenters. The van der Waals surface area contributed by atoms with Gasteiger partial charge in [0.15, 0.2) is 5.69 Å². The lowest BCUT2D eigenvalue weighted by Gasteiger charge is -2.60. The van der Waals surface area contributed by atoms with Gasteiger partial charge in [0.2, 0.25) is 0 Å². The van der Waals surface area contributed by atoms with E-state index in [2.05, 4.69) is 44.3 Å². The third kappa shape index (κ3) is 3.72. The van der Waals surface area contributed by atoms with Crippen molar-refractivity contribution >= 4 is 29.1 Å². The highest BCUT2D eigenvalue weighted by Crippen LogP contribution is 2.61. The zero-order valence-corrected chi connectivity index (χ0v) is 22.0. The summed E-state index contributed by atoms with van der Waals surface area (Å²) in [6.45, 7) is 7.62. The predicted molar refractivity (Wildman–Crippen MR) is 142 cm³/mol. The van der Waals surface area contributed by atoms with Crippen molar-refractivity contribution in [2.24, 2.45) is 23.2 Å². The number of fused-ring (bicyclic) bond motifs is 5. The van der Waals surface area contributed by atoms with Crippen LogP contribution in [0.3, 0.4) is 0 Å². The second kappa shape index (κ2) is 8.38. The molecule has 3 saturated carbocycles. The maximum absolute atomic E-state index is 13.5. The van der Waals surface area contributed by atoms with Gasteiger partial charge < -0.3 is 5.32 Å². The molecule has 3 unspecified atom stereocenters. The summed E-state index contributed by atoms with van der Waals surface area (Å²) in [5, 5.41) is 9.22. The number of aryl methyl sites for hydroxylation is 2. The molecule has 182 valence electrons. The van der Waals surface area contributed by atoms with Crippen molar-refractivity contribution in [1.82, 2.24) is 15.1 Å². The Morgan fingerprint density at radius 3 is 2.71 bits per heavy atom. The molecule has 1 aromatic heterocycles. The van der Waals surface area contributed by atoms with Crippen molar-refractivity contribution in [3.8, 4) is 16.9 Å². The van der Waals surface area contributed by atoms with Crippen molar-refractivity contribution in [3.63, 3.8) is 0 Å². The Morgan fingerprint density at radius 2 is 1.97 bits per heavy atom. The molecule has 4 aliphatic rings. The van der Waals surface area contributed by atoms with Crippen LogP contribution < -0.4 is 5.32 Å². The summed E-state index contributed by atoms with van der Waals surface area (Å²) in [6, 6.07) is 11.9. The molecule has 7 rings (SSSR count). The van der Waals surface area contributed by atoms with Gasteiger partial charge in [-0.15, -0.1) is 0 Å². The van der Waals surface area contributed by atoms with E-state index >= 15 is 0 Å². The molecule has 1 N–H and O–H groups in total. The van der Waals surface area contributed by atoms with Gasteiger partial charge in [-0.3, -0.25) is 4.79 Å². The normalized spacial score (nSPS) is 23.7. The van der Waals surface area contributed by atoms with Gasteiger partial charge in [-0.25, -0.2) is 4.68 Å². The van der Waals surface area contributed by atoms with Gasteiger partial charge in [0.05, 0.1) is 16.4 Å². The minimum atomic E-state index is -0.0834. The number of aromatic nitrogens is 2. The number of halogens is 2. The number of benzene rings is 2. The van der Waals surface area contributed by atoms with E-state index in [1.165, 1.54) is 30.4 Å². The van der Waals surface area contributed by atoms with Crippen LogP contribution in [0.4, 0.5) is 0 Å². The Kier molecular flexibility index (Phi) is 5.54. The third-order valence-electron chi connectivity index (χ3n) is 9.02. The zero-order chi connectivity index (χ0) is 24.5. The average molecular weight is 508 g/mol. The Labute approximate surface area is 217 Å². The molecule has 4 aliphatic carbocycles. The Bertz CT molecular complexity index is 1340. The molecule has 0 spiro atoms. The summed E-state index contributed by atoms with van der Waals surface area (Å²) >= 11 is 12.8. The number of carbonyl (C=O) groups excluding carboxylic acids is 1. The number of carbonyl (C=O) groups is 1. The van der Waals surface area contributed by atoms with Crippen molar-refractivity contribution < 1.29 is 4.79 Å². The molecule has 2 aromatic carbocycles. The number of hydrogen-bond acceptors (Lipinski definition) is 2. The molecule has 1 amide bonds. The van der Waals surface area contributed by atoms with Crippen LogP contribution in [0.2, 0.25) is 10.0 Å². The minimum Gasteiger partial charge on any atom is -0.350 e. The summed E-state index contributed by atoms with van der Waals surface area (Å²) in [5.74, 6) is 2.03. The highest BCUT2D eigenvalue weighted by molar-refractivity contribution is 6.35. The van der Waals surface area contributed by atoms with Gasteiger partial charge in [0.25, 0.3) is 5.91 Å². The lowest BCUT2D eigenvalue weighted by Crippen LogP contribution is -2.54. The monoisotopic (exact) mass is 507 g/mol. The molecule has 6 heteroatoms. The molecule has 3 aromatic rings. The Hall–Kier alpha value is -2.30. The molecular weight excluding hydrogens is 477 g/mol. The van der Waals surface area contributed by atoms with Crippen molar-refractivity contribution in [1.29, 1.82) is 0 Å². The summed E-state index contributed by atoms with van der Waals surface area (Å²) in [5.41, 5.74) is 7.23. The minimum absolute atomic E-state index is 0.0834. The fourth-order valence-electron chi connectivity index (χ4n) is 6.91. The molecule has 35 heavy (non-hydrogen) atoms. The van der Waals surface area contributed by atoms with Crippen LogP contribution in [0.25, 0.3) is 16.9 Å². The smallest absolute Gasteiger partial charge is 0.272 e. The molecule has 0 radical (unpaired) electrons. The van der Waals surface area contributed by atoms with E-state index in [1.54, 1.807) is 6.07 Å². The first-order chi connectivity index (χ1) is 16.7. The molecular formula is C29H31Cl2N3O. The maximum Gasteiger partial charge on any atom is 0.272 e. The summed E-state index contributed by atoms with van der Waals surface area (Å²) in [4.78, 5) is 13.5. The van der Waals surface area contributed by atoms with Crippen molar-refractivity contribution in [2.45, 2.75) is 52.9 Å². The predicted octanol–water partition coefficient (Wildman–Crippen LogP) is 7.06. The van der Waals surface area contributed by atoms with Gasteiger partial charge >= 0.3 is 0 Å². The van der Waals surface area contributed by atoms with Crippen LogP contribution in [0, 0.1) is 30.1 Å². The van der Waals surface area contributed by atoms with E-state index in [0.717, 1.165) is 47.8 Å². The molecule has 4 nitrogen and oxygen atoms in total. The first-order valence-electron chi connectivity index (χ1n) is 12.7. The molecule has 3 fully saturated rings. The van der Waals surface area contributed by atoms with Gasteiger partial charge in [-0.2, -0.15) is 5.10 Å². The van der Waals surface area contributed by atoms with E-state index in [1.807, 2.05) is 16.8 Å². The van der Waals surface area contributed by atoms with Crippen LogP contribution in [-0.2, 0) is 12.8 Å². The highest BCUT2D eigenvalue weighted by atomic mass is 35.5. The molecule has 2 bridgehead atoms. The largest absolute Gasteiger partial charge is 0.350 e. The quantitative estimate of drug-likeness (QED) is 0.410. The first-order valence-corrected chi connectivity index (χ1v) is 13.4. The van der Waals surface area contributed by atoms with Gasteiger partial charge in [0.1, 0.15) is 0 Å². The summed E-state index contributed by atoms with van der Waals surface area (Å²) in [7, 11) is 0. The van der Waals surface area contributed by atoms with Crippen LogP contribution in [0.15, 0.2) is 36.4 Å². The van der Waals surface area contributed by atoms with E-state index in [4.69, 9.17) is 28.3 Å². The van der Waals surface area contributed by atoms with E-state index in [0.29, 0.717) is 33.0 Å². The lowest BCUT2D eigenvalue weighted by atomic mass is 9.45. The highest BCUT2D eigenvalue weighted by Gasteiger charge is 2.54. The third-order valence-corrected chi connectivity index (χ3v) is 9.56. The van der Waals surface area contributed by atoms with Gasteiger partial charge in [-0.05, 0) is 86.0 Å². The van der Waals surface area contributed by atoms with E-state index in [-0.39, 0.29) is 5.91 Å². The number of hydrogen-bond donors (Lipinski definition) is 1.